The molecule has 0 unspecified atom stereocenters. The molecule has 18 heavy (non-hydrogen) atoms. The molecular formula is C13H12BrFN2O. The van der Waals surface area contributed by atoms with Crippen LogP contribution in [-0.2, 0) is 6.54 Å². The van der Waals surface area contributed by atoms with Crippen molar-refractivity contribution in [3.05, 3.63) is 52.4 Å². The highest BCUT2D eigenvalue weighted by Gasteiger charge is 2.08. The fourth-order valence-electron chi connectivity index (χ4n) is 1.50. The van der Waals surface area contributed by atoms with Crippen LogP contribution in [0, 0.1) is 5.82 Å². The summed E-state index contributed by atoms with van der Waals surface area (Å²) >= 11 is 3.26. The summed E-state index contributed by atoms with van der Waals surface area (Å²) in [6, 6.07) is 8.05. The van der Waals surface area contributed by atoms with Crippen molar-refractivity contribution < 1.29 is 9.13 Å². The second kappa shape index (κ2) is 5.93. The van der Waals surface area contributed by atoms with Gasteiger partial charge in [0.25, 0.3) is 0 Å². The second-order valence-corrected chi connectivity index (χ2v) is 4.53. The predicted octanol–water partition coefficient (Wildman–Crippen LogP) is 3.49. The van der Waals surface area contributed by atoms with Crippen LogP contribution in [0.3, 0.4) is 0 Å². The van der Waals surface area contributed by atoms with Crippen molar-refractivity contribution in [3.63, 3.8) is 0 Å². The first kappa shape index (κ1) is 13.0. The summed E-state index contributed by atoms with van der Waals surface area (Å²) in [5.74, 6) is 0.734. The Morgan fingerprint density at radius 2 is 2.22 bits per heavy atom. The molecule has 2 aromatic rings. The van der Waals surface area contributed by atoms with Crippen LogP contribution in [-0.4, -0.2) is 12.0 Å². The zero-order valence-electron chi connectivity index (χ0n) is 9.78. The normalized spacial score (nSPS) is 10.4. The van der Waals surface area contributed by atoms with E-state index in [9.17, 15) is 4.39 Å². The zero-order chi connectivity index (χ0) is 13.0. The standard InChI is InChI=1S/C13H12BrFN2O/c1-16-8-9-3-2-6-17-13(9)18-12-5-4-10(15)7-11(12)14/h2-7,16H,8H2,1H3. The topological polar surface area (TPSA) is 34.2 Å². The van der Waals surface area contributed by atoms with E-state index in [-0.39, 0.29) is 5.82 Å². The van der Waals surface area contributed by atoms with Crippen LogP contribution in [0.1, 0.15) is 5.56 Å². The van der Waals surface area contributed by atoms with Crippen LogP contribution in [0.2, 0.25) is 0 Å². The van der Waals surface area contributed by atoms with Gasteiger partial charge in [0.05, 0.1) is 4.47 Å². The molecule has 3 nitrogen and oxygen atoms in total. The molecule has 2 rings (SSSR count). The lowest BCUT2D eigenvalue weighted by Gasteiger charge is -2.10. The quantitative estimate of drug-likeness (QED) is 0.938. The Morgan fingerprint density at radius 3 is 2.94 bits per heavy atom. The summed E-state index contributed by atoms with van der Waals surface area (Å²) < 4.78 is 19.2. The number of benzene rings is 1. The molecule has 0 atom stereocenters. The third-order valence-electron chi connectivity index (χ3n) is 2.32. The second-order valence-electron chi connectivity index (χ2n) is 3.67. The number of nitrogens with zero attached hydrogens (tertiary/aromatic N) is 1. The highest BCUT2D eigenvalue weighted by Crippen LogP contribution is 2.30. The highest BCUT2D eigenvalue weighted by atomic mass is 79.9. The molecule has 94 valence electrons. The Bertz CT molecular complexity index is 548. The number of halogens is 2. The predicted molar refractivity (Wildman–Crippen MR) is 71.2 cm³/mol. The molecule has 1 N–H and O–H groups in total. The third kappa shape index (κ3) is 3.05. The minimum Gasteiger partial charge on any atom is -0.438 e. The summed E-state index contributed by atoms with van der Waals surface area (Å²) in [7, 11) is 1.85. The molecule has 0 aliphatic carbocycles. The van der Waals surface area contributed by atoms with E-state index in [1.807, 2.05) is 19.2 Å². The molecule has 0 bridgehead atoms. The summed E-state index contributed by atoms with van der Waals surface area (Å²) in [4.78, 5) is 4.18. The minimum absolute atomic E-state index is 0.314. The van der Waals surface area contributed by atoms with E-state index in [2.05, 4.69) is 26.2 Å². The van der Waals surface area contributed by atoms with Crippen LogP contribution in [0.5, 0.6) is 11.6 Å². The number of pyridine rings is 1. The number of ether oxygens (including phenoxy) is 1. The molecule has 0 spiro atoms. The van der Waals surface area contributed by atoms with E-state index >= 15 is 0 Å². The average Bonchev–Trinajstić information content (AvgIpc) is 2.35. The van der Waals surface area contributed by atoms with Crippen LogP contribution in [0.15, 0.2) is 41.0 Å². The van der Waals surface area contributed by atoms with Gasteiger partial charge in [-0.2, -0.15) is 0 Å². The van der Waals surface area contributed by atoms with Crippen LogP contribution in [0.25, 0.3) is 0 Å². The SMILES string of the molecule is CNCc1cccnc1Oc1ccc(F)cc1Br. The van der Waals surface area contributed by atoms with Gasteiger partial charge in [0.15, 0.2) is 0 Å². The van der Waals surface area contributed by atoms with E-state index < -0.39 is 0 Å². The van der Waals surface area contributed by atoms with Gasteiger partial charge >= 0.3 is 0 Å². The number of nitrogens with one attached hydrogen (secondary N) is 1. The zero-order valence-corrected chi connectivity index (χ0v) is 11.4. The molecule has 0 saturated heterocycles. The fourth-order valence-corrected chi connectivity index (χ4v) is 1.93. The van der Waals surface area contributed by atoms with E-state index in [1.54, 1.807) is 12.3 Å². The largest absolute Gasteiger partial charge is 0.438 e. The van der Waals surface area contributed by atoms with E-state index in [1.165, 1.54) is 12.1 Å². The van der Waals surface area contributed by atoms with E-state index in [0.717, 1.165) is 5.56 Å². The Kier molecular flexibility index (Phi) is 4.28. The Hall–Kier alpha value is -1.46. The molecule has 1 heterocycles. The van der Waals surface area contributed by atoms with Crippen molar-refractivity contribution in [2.24, 2.45) is 0 Å². The van der Waals surface area contributed by atoms with Gasteiger partial charge in [-0.1, -0.05) is 6.07 Å². The van der Waals surface area contributed by atoms with Crippen molar-refractivity contribution in [1.82, 2.24) is 10.3 Å². The lowest BCUT2D eigenvalue weighted by atomic mass is 10.2. The molecular weight excluding hydrogens is 299 g/mol. The fraction of sp³-hybridized carbons (Fsp3) is 0.154. The van der Waals surface area contributed by atoms with Gasteiger partial charge in [0, 0.05) is 18.3 Å². The first-order valence-corrected chi connectivity index (χ1v) is 6.21. The summed E-state index contributed by atoms with van der Waals surface area (Å²) in [6.45, 7) is 0.655. The molecule has 0 saturated carbocycles. The number of hydrogen-bond donors (Lipinski definition) is 1. The van der Waals surface area contributed by atoms with Crippen molar-refractivity contribution in [2.75, 3.05) is 7.05 Å². The maximum atomic E-state index is 13.0. The molecule has 1 aromatic heterocycles. The maximum absolute atomic E-state index is 13.0. The van der Waals surface area contributed by atoms with Gasteiger partial charge in [0.2, 0.25) is 5.88 Å². The maximum Gasteiger partial charge on any atom is 0.223 e. The lowest BCUT2D eigenvalue weighted by molar-refractivity contribution is 0.450. The van der Waals surface area contributed by atoms with Crippen molar-refractivity contribution in [1.29, 1.82) is 0 Å². The van der Waals surface area contributed by atoms with Gasteiger partial charge in [0.1, 0.15) is 11.6 Å². The monoisotopic (exact) mass is 310 g/mol. The van der Waals surface area contributed by atoms with Gasteiger partial charge < -0.3 is 10.1 Å². The number of rotatable bonds is 4. The Morgan fingerprint density at radius 1 is 1.39 bits per heavy atom. The highest BCUT2D eigenvalue weighted by molar-refractivity contribution is 9.10. The van der Waals surface area contributed by atoms with Crippen molar-refractivity contribution in [3.8, 4) is 11.6 Å². The number of hydrogen-bond acceptors (Lipinski definition) is 3. The van der Waals surface area contributed by atoms with Crippen LogP contribution in [0.4, 0.5) is 4.39 Å². The van der Waals surface area contributed by atoms with Crippen LogP contribution < -0.4 is 10.1 Å². The molecule has 0 aliphatic rings. The molecule has 0 aliphatic heterocycles. The third-order valence-corrected chi connectivity index (χ3v) is 2.94. The summed E-state index contributed by atoms with van der Waals surface area (Å²) in [5.41, 5.74) is 0.941. The van der Waals surface area contributed by atoms with Crippen LogP contribution >= 0.6 is 15.9 Å². The Labute approximate surface area is 113 Å². The molecule has 0 radical (unpaired) electrons. The molecule has 5 heteroatoms. The van der Waals surface area contributed by atoms with Crippen molar-refractivity contribution in [2.45, 2.75) is 6.54 Å². The molecule has 0 amide bonds. The smallest absolute Gasteiger partial charge is 0.223 e. The minimum atomic E-state index is -0.314. The first-order chi connectivity index (χ1) is 8.70. The van der Waals surface area contributed by atoms with Gasteiger partial charge in [-0.25, -0.2) is 9.37 Å². The molecule has 1 aromatic carbocycles. The Balaban J connectivity index is 2.28. The van der Waals surface area contributed by atoms with Gasteiger partial charge in [-0.05, 0) is 47.2 Å². The first-order valence-electron chi connectivity index (χ1n) is 5.42. The van der Waals surface area contributed by atoms with Crippen molar-refractivity contribution >= 4 is 15.9 Å². The van der Waals surface area contributed by atoms with E-state index in [4.69, 9.17) is 4.74 Å². The lowest BCUT2D eigenvalue weighted by Crippen LogP contribution is -2.07. The van der Waals surface area contributed by atoms with E-state index in [0.29, 0.717) is 22.6 Å². The average molecular weight is 311 g/mol. The molecule has 0 fully saturated rings. The summed E-state index contributed by atoms with van der Waals surface area (Å²) in [6.07, 6.45) is 1.66. The van der Waals surface area contributed by atoms with Gasteiger partial charge in [-0.15, -0.1) is 0 Å². The number of aromatic nitrogens is 1. The summed E-state index contributed by atoms with van der Waals surface area (Å²) in [5, 5.41) is 3.04. The van der Waals surface area contributed by atoms with Gasteiger partial charge in [-0.3, -0.25) is 0 Å².